The molecular formula is C15H18N2O4. The van der Waals surface area contributed by atoms with E-state index in [4.69, 9.17) is 15.0 Å². The Bertz CT molecular complexity index is 721. The molecule has 1 amide bonds. The summed E-state index contributed by atoms with van der Waals surface area (Å²) >= 11 is 0. The molecule has 3 N–H and O–H groups in total. The van der Waals surface area contributed by atoms with Crippen LogP contribution in [0.25, 0.3) is 11.0 Å². The molecule has 6 nitrogen and oxygen atoms in total. The quantitative estimate of drug-likeness (QED) is 0.385. The first-order chi connectivity index (χ1) is 9.92. The smallest absolute Gasteiger partial charge is 0.336 e. The van der Waals surface area contributed by atoms with Crippen LogP contribution in [0.2, 0.25) is 0 Å². The molecule has 0 bridgehead atoms. The van der Waals surface area contributed by atoms with Gasteiger partial charge in [0.1, 0.15) is 11.3 Å². The molecule has 112 valence electrons. The van der Waals surface area contributed by atoms with Gasteiger partial charge in [0, 0.05) is 17.5 Å². The zero-order chi connectivity index (χ0) is 15.6. The molecule has 0 aliphatic rings. The summed E-state index contributed by atoms with van der Waals surface area (Å²) in [6.07, 6.45) is -0.719. The Hall–Kier alpha value is -2.34. The van der Waals surface area contributed by atoms with Crippen LogP contribution >= 0.6 is 0 Å². The SMILES string of the molecule is Cc1cc(=O)oc2cc(OC(C(=O)NN)C(C)C)ccc12. The van der Waals surface area contributed by atoms with Gasteiger partial charge in [-0.2, -0.15) is 0 Å². The maximum Gasteiger partial charge on any atom is 0.336 e. The molecule has 0 saturated heterocycles. The second-order valence-corrected chi connectivity index (χ2v) is 5.20. The van der Waals surface area contributed by atoms with Gasteiger partial charge in [0.15, 0.2) is 6.10 Å². The van der Waals surface area contributed by atoms with Gasteiger partial charge >= 0.3 is 5.63 Å². The number of ether oxygens (including phenoxy) is 1. The molecule has 6 heteroatoms. The number of nitrogens with two attached hydrogens (primary N) is 1. The molecule has 0 fully saturated rings. The van der Waals surface area contributed by atoms with Gasteiger partial charge in [0.2, 0.25) is 0 Å². The first-order valence-electron chi connectivity index (χ1n) is 6.64. The van der Waals surface area contributed by atoms with Crippen LogP contribution in [0.5, 0.6) is 5.75 Å². The average Bonchev–Trinajstić information content (AvgIpc) is 2.43. The lowest BCUT2D eigenvalue weighted by molar-refractivity contribution is -0.129. The fourth-order valence-electron chi connectivity index (χ4n) is 2.10. The summed E-state index contributed by atoms with van der Waals surface area (Å²) in [6, 6.07) is 6.56. The van der Waals surface area contributed by atoms with Crippen LogP contribution in [0.15, 0.2) is 33.5 Å². The van der Waals surface area contributed by atoms with Crippen molar-refractivity contribution in [3.8, 4) is 5.75 Å². The summed E-state index contributed by atoms with van der Waals surface area (Å²) in [7, 11) is 0. The summed E-state index contributed by atoms with van der Waals surface area (Å²) in [6.45, 7) is 5.54. The highest BCUT2D eigenvalue weighted by Gasteiger charge is 2.23. The highest BCUT2D eigenvalue weighted by molar-refractivity contribution is 5.82. The van der Waals surface area contributed by atoms with Gasteiger partial charge in [0.05, 0.1) is 0 Å². The lowest BCUT2D eigenvalue weighted by atomic mass is 10.1. The molecule has 1 aromatic heterocycles. The fraction of sp³-hybridized carbons (Fsp3) is 0.333. The number of carbonyl (C=O) groups is 1. The molecule has 0 aliphatic heterocycles. The van der Waals surface area contributed by atoms with Gasteiger partial charge in [0.25, 0.3) is 5.91 Å². The van der Waals surface area contributed by atoms with Crippen molar-refractivity contribution in [2.45, 2.75) is 26.9 Å². The van der Waals surface area contributed by atoms with E-state index in [0.29, 0.717) is 11.3 Å². The minimum atomic E-state index is -0.719. The molecule has 2 aromatic rings. The van der Waals surface area contributed by atoms with E-state index in [1.807, 2.05) is 20.8 Å². The van der Waals surface area contributed by atoms with Crippen molar-refractivity contribution in [3.05, 3.63) is 40.2 Å². The number of amides is 1. The Balaban J connectivity index is 2.38. The second kappa shape index (κ2) is 5.97. The third-order valence-corrected chi connectivity index (χ3v) is 3.19. The summed E-state index contributed by atoms with van der Waals surface area (Å²) in [5.74, 6) is 5.13. The van der Waals surface area contributed by atoms with Gasteiger partial charge in [-0.15, -0.1) is 0 Å². The number of hydrazine groups is 1. The molecule has 1 unspecified atom stereocenters. The number of fused-ring (bicyclic) bond motifs is 1. The van der Waals surface area contributed by atoms with Gasteiger partial charge in [-0.1, -0.05) is 13.8 Å². The number of aryl methyl sites for hydroxylation is 1. The molecule has 21 heavy (non-hydrogen) atoms. The standard InChI is InChI=1S/C15H18N2O4/c1-8(2)14(15(19)17-16)20-10-4-5-11-9(3)6-13(18)21-12(11)7-10/h4-8,14H,16H2,1-3H3,(H,17,19). The molecule has 1 atom stereocenters. The fourth-order valence-corrected chi connectivity index (χ4v) is 2.10. The lowest BCUT2D eigenvalue weighted by Gasteiger charge is -2.20. The van der Waals surface area contributed by atoms with Crippen molar-refractivity contribution < 1.29 is 13.9 Å². The monoisotopic (exact) mass is 290 g/mol. The number of hydrogen-bond donors (Lipinski definition) is 2. The van der Waals surface area contributed by atoms with Gasteiger partial charge in [-0.05, 0) is 30.5 Å². The first-order valence-corrected chi connectivity index (χ1v) is 6.64. The zero-order valence-electron chi connectivity index (χ0n) is 12.2. The van der Waals surface area contributed by atoms with E-state index in [1.165, 1.54) is 6.07 Å². The Kier molecular flexibility index (Phi) is 4.28. The Labute approximate surface area is 121 Å². The van der Waals surface area contributed by atoms with E-state index in [0.717, 1.165) is 10.9 Å². The normalized spacial score (nSPS) is 12.4. The third kappa shape index (κ3) is 3.22. The maximum atomic E-state index is 11.7. The van der Waals surface area contributed by atoms with Crippen LogP contribution in [-0.4, -0.2) is 12.0 Å². The topological polar surface area (TPSA) is 94.6 Å². The largest absolute Gasteiger partial charge is 0.480 e. The molecule has 1 heterocycles. The highest BCUT2D eigenvalue weighted by atomic mass is 16.5. The summed E-state index contributed by atoms with van der Waals surface area (Å²) in [5.41, 5.74) is 2.92. The van der Waals surface area contributed by atoms with Crippen molar-refractivity contribution >= 4 is 16.9 Å². The van der Waals surface area contributed by atoms with Gasteiger partial charge in [-0.3, -0.25) is 10.2 Å². The number of carbonyl (C=O) groups excluding carboxylic acids is 1. The van der Waals surface area contributed by atoms with E-state index < -0.39 is 17.6 Å². The molecule has 0 radical (unpaired) electrons. The van der Waals surface area contributed by atoms with Gasteiger partial charge < -0.3 is 9.15 Å². The molecule has 0 spiro atoms. The van der Waals surface area contributed by atoms with Crippen LogP contribution in [-0.2, 0) is 4.79 Å². The predicted molar refractivity (Wildman–Crippen MR) is 78.8 cm³/mol. The van der Waals surface area contributed by atoms with Crippen molar-refractivity contribution in [2.24, 2.45) is 11.8 Å². The molecule has 1 aromatic carbocycles. The Morgan fingerprint density at radius 3 is 2.67 bits per heavy atom. The number of benzene rings is 1. The molecular weight excluding hydrogens is 272 g/mol. The van der Waals surface area contributed by atoms with Gasteiger partial charge in [-0.25, -0.2) is 10.6 Å². The number of rotatable bonds is 4. The lowest BCUT2D eigenvalue weighted by Crippen LogP contribution is -2.44. The van der Waals surface area contributed by atoms with Crippen molar-refractivity contribution in [2.75, 3.05) is 0 Å². The van der Waals surface area contributed by atoms with Crippen LogP contribution < -0.4 is 21.6 Å². The van der Waals surface area contributed by atoms with E-state index in [9.17, 15) is 9.59 Å². The van der Waals surface area contributed by atoms with Crippen LogP contribution in [0.1, 0.15) is 19.4 Å². The number of nitrogens with one attached hydrogen (secondary N) is 1. The average molecular weight is 290 g/mol. The van der Waals surface area contributed by atoms with Crippen molar-refractivity contribution in [1.82, 2.24) is 5.43 Å². The van der Waals surface area contributed by atoms with Crippen molar-refractivity contribution in [3.63, 3.8) is 0 Å². The minimum Gasteiger partial charge on any atom is -0.480 e. The summed E-state index contributed by atoms with van der Waals surface area (Å²) < 4.78 is 10.8. The van der Waals surface area contributed by atoms with Crippen LogP contribution in [0, 0.1) is 12.8 Å². The van der Waals surface area contributed by atoms with E-state index in [1.54, 1.807) is 18.2 Å². The van der Waals surface area contributed by atoms with E-state index >= 15 is 0 Å². The van der Waals surface area contributed by atoms with Crippen LogP contribution in [0.3, 0.4) is 0 Å². The summed E-state index contributed by atoms with van der Waals surface area (Å²) in [4.78, 5) is 23.1. The maximum absolute atomic E-state index is 11.7. The zero-order valence-corrected chi connectivity index (χ0v) is 12.2. The molecule has 0 saturated carbocycles. The molecule has 2 rings (SSSR count). The highest BCUT2D eigenvalue weighted by Crippen LogP contribution is 2.24. The third-order valence-electron chi connectivity index (χ3n) is 3.19. The first kappa shape index (κ1) is 15.1. The van der Waals surface area contributed by atoms with Crippen molar-refractivity contribution in [1.29, 1.82) is 0 Å². The predicted octanol–water partition coefficient (Wildman–Crippen LogP) is 1.49. The van der Waals surface area contributed by atoms with E-state index in [-0.39, 0.29) is 5.92 Å². The molecule has 0 aliphatic carbocycles. The number of hydrogen-bond acceptors (Lipinski definition) is 5. The van der Waals surface area contributed by atoms with E-state index in [2.05, 4.69) is 5.43 Å². The minimum absolute atomic E-state index is 0.0613. The Morgan fingerprint density at radius 1 is 1.33 bits per heavy atom. The summed E-state index contributed by atoms with van der Waals surface area (Å²) in [5, 5.41) is 0.825. The Morgan fingerprint density at radius 2 is 2.05 bits per heavy atom. The second-order valence-electron chi connectivity index (χ2n) is 5.20. The van der Waals surface area contributed by atoms with Crippen LogP contribution in [0.4, 0.5) is 0 Å².